The van der Waals surface area contributed by atoms with Crippen LogP contribution in [0.25, 0.3) is 0 Å². The Morgan fingerprint density at radius 2 is 1.77 bits per heavy atom. The highest BCUT2D eigenvalue weighted by atomic mass is 32.2. The van der Waals surface area contributed by atoms with Gasteiger partial charge in [0, 0.05) is 5.69 Å². The second-order valence-electron chi connectivity index (χ2n) is 5.78. The zero-order chi connectivity index (χ0) is 22.5. The van der Waals surface area contributed by atoms with Gasteiger partial charge in [-0.3, -0.25) is 14.3 Å². The number of amides is 1. The Morgan fingerprint density at radius 1 is 1.10 bits per heavy atom. The maximum absolute atomic E-state index is 13.4. The second-order valence-corrected chi connectivity index (χ2v) is 7.43. The molecule has 30 heavy (non-hydrogen) atoms. The monoisotopic (exact) mass is 448 g/mol. The molecular weight excluding hydrogens is 432 g/mol. The topological polar surface area (TPSA) is 102 Å². The first-order chi connectivity index (χ1) is 14.0. The molecule has 0 unspecified atom stereocenters. The summed E-state index contributed by atoms with van der Waals surface area (Å²) in [5.74, 6) is -3.22. The lowest BCUT2D eigenvalue weighted by atomic mass is 10.2. The minimum absolute atomic E-state index is 0.0845. The summed E-state index contributed by atoms with van der Waals surface area (Å²) in [6.07, 6.45) is -5.03. The van der Waals surface area contributed by atoms with Gasteiger partial charge < -0.3 is 10.1 Å². The summed E-state index contributed by atoms with van der Waals surface area (Å²) in [5.41, 5.74) is -2.55. The molecule has 0 spiro atoms. The minimum atomic E-state index is -5.03. The van der Waals surface area contributed by atoms with Crippen LogP contribution in [0.2, 0.25) is 0 Å². The van der Waals surface area contributed by atoms with Gasteiger partial charge in [0.05, 0.1) is 17.7 Å². The molecule has 0 atom stereocenters. The SMILES string of the molecule is CCOC(=O)CNC(=O)c1ccccc1S(=O)(=O)Nc1ccc(F)c(C(F)(F)F)c1. The van der Waals surface area contributed by atoms with Crippen LogP contribution in [0.5, 0.6) is 0 Å². The molecule has 0 heterocycles. The van der Waals surface area contributed by atoms with Crippen LogP contribution >= 0.6 is 0 Å². The van der Waals surface area contributed by atoms with E-state index in [0.29, 0.717) is 12.1 Å². The predicted molar refractivity (Wildman–Crippen MR) is 97.6 cm³/mol. The van der Waals surface area contributed by atoms with Crippen molar-refractivity contribution in [1.82, 2.24) is 5.32 Å². The Hall–Kier alpha value is -3.15. The lowest BCUT2D eigenvalue weighted by molar-refractivity contribution is -0.142. The number of sulfonamides is 1. The number of benzene rings is 2. The summed E-state index contributed by atoms with van der Waals surface area (Å²) in [6.45, 7) is 1.13. The molecule has 2 rings (SSSR count). The van der Waals surface area contributed by atoms with Crippen LogP contribution in [0, 0.1) is 5.82 Å². The van der Waals surface area contributed by atoms with Gasteiger partial charge in [-0.05, 0) is 37.3 Å². The third-order valence-electron chi connectivity index (χ3n) is 3.64. The van der Waals surface area contributed by atoms with Crippen molar-refractivity contribution in [1.29, 1.82) is 0 Å². The smallest absolute Gasteiger partial charge is 0.419 e. The van der Waals surface area contributed by atoms with Crippen LogP contribution in [0.3, 0.4) is 0 Å². The largest absolute Gasteiger partial charge is 0.465 e. The molecule has 0 aliphatic heterocycles. The maximum atomic E-state index is 13.4. The number of ether oxygens (including phenoxy) is 1. The zero-order valence-corrected chi connectivity index (χ0v) is 16.2. The van der Waals surface area contributed by atoms with Crippen molar-refractivity contribution in [3.8, 4) is 0 Å². The average Bonchev–Trinajstić information content (AvgIpc) is 2.67. The van der Waals surface area contributed by atoms with E-state index in [1.807, 2.05) is 4.72 Å². The lowest BCUT2D eigenvalue weighted by Crippen LogP contribution is -2.32. The molecule has 2 aromatic carbocycles. The van der Waals surface area contributed by atoms with Crippen LogP contribution in [0.1, 0.15) is 22.8 Å². The van der Waals surface area contributed by atoms with Crippen LogP contribution in [-0.4, -0.2) is 33.4 Å². The Kier molecular flexibility index (Phi) is 7.03. The highest BCUT2D eigenvalue weighted by molar-refractivity contribution is 7.92. The Labute approximate surface area is 169 Å². The molecule has 12 heteroatoms. The number of carbonyl (C=O) groups excluding carboxylic acids is 2. The fraction of sp³-hybridized carbons (Fsp3) is 0.222. The van der Waals surface area contributed by atoms with Gasteiger partial charge in [-0.25, -0.2) is 12.8 Å². The number of rotatable bonds is 7. The van der Waals surface area contributed by atoms with Crippen LogP contribution in [0.4, 0.5) is 23.2 Å². The number of esters is 1. The van der Waals surface area contributed by atoms with E-state index in [0.717, 1.165) is 18.2 Å². The van der Waals surface area contributed by atoms with Gasteiger partial charge in [0.25, 0.3) is 15.9 Å². The normalized spacial score (nSPS) is 11.6. The van der Waals surface area contributed by atoms with Gasteiger partial charge in [0.2, 0.25) is 0 Å². The summed E-state index contributed by atoms with van der Waals surface area (Å²) in [5, 5.41) is 2.19. The maximum Gasteiger partial charge on any atom is 0.419 e. The van der Waals surface area contributed by atoms with Crippen molar-refractivity contribution in [2.75, 3.05) is 17.9 Å². The molecule has 0 aromatic heterocycles. The molecule has 2 aromatic rings. The van der Waals surface area contributed by atoms with E-state index in [1.165, 1.54) is 12.1 Å². The van der Waals surface area contributed by atoms with Crippen molar-refractivity contribution in [2.45, 2.75) is 18.0 Å². The fourth-order valence-electron chi connectivity index (χ4n) is 2.36. The van der Waals surface area contributed by atoms with E-state index >= 15 is 0 Å². The van der Waals surface area contributed by atoms with Crippen LogP contribution in [0.15, 0.2) is 47.4 Å². The fourth-order valence-corrected chi connectivity index (χ4v) is 3.62. The first-order valence-corrected chi connectivity index (χ1v) is 9.86. The van der Waals surface area contributed by atoms with Crippen molar-refractivity contribution in [2.24, 2.45) is 0 Å². The van der Waals surface area contributed by atoms with Gasteiger partial charge >= 0.3 is 12.1 Å². The van der Waals surface area contributed by atoms with Crippen molar-refractivity contribution >= 4 is 27.6 Å². The third kappa shape index (κ3) is 5.69. The Balaban J connectivity index is 2.31. The van der Waals surface area contributed by atoms with Crippen molar-refractivity contribution < 1.29 is 40.3 Å². The third-order valence-corrected chi connectivity index (χ3v) is 5.08. The molecular formula is C18H16F4N2O5S. The predicted octanol–water partition coefficient (Wildman–Crippen LogP) is 2.94. The van der Waals surface area contributed by atoms with E-state index in [9.17, 15) is 35.6 Å². The molecule has 0 bridgehead atoms. The van der Waals surface area contributed by atoms with Gasteiger partial charge in [-0.15, -0.1) is 0 Å². The molecule has 0 fully saturated rings. The number of alkyl halides is 3. The first kappa shape index (κ1) is 23.1. The number of hydrogen-bond donors (Lipinski definition) is 2. The van der Waals surface area contributed by atoms with Gasteiger partial charge in [0.1, 0.15) is 17.3 Å². The zero-order valence-electron chi connectivity index (χ0n) is 15.4. The number of halogens is 4. The van der Waals surface area contributed by atoms with Gasteiger partial charge in [-0.2, -0.15) is 13.2 Å². The summed E-state index contributed by atoms with van der Waals surface area (Å²) in [6, 6.07) is 6.44. The van der Waals surface area contributed by atoms with E-state index in [1.54, 1.807) is 6.92 Å². The number of anilines is 1. The van der Waals surface area contributed by atoms with Gasteiger partial charge in [0.15, 0.2) is 0 Å². The molecule has 7 nitrogen and oxygen atoms in total. The van der Waals surface area contributed by atoms with E-state index < -0.39 is 56.6 Å². The summed E-state index contributed by atoms with van der Waals surface area (Å²) in [7, 11) is -4.53. The van der Waals surface area contributed by atoms with Gasteiger partial charge in [-0.1, -0.05) is 12.1 Å². The highest BCUT2D eigenvalue weighted by Crippen LogP contribution is 2.33. The highest BCUT2D eigenvalue weighted by Gasteiger charge is 2.34. The first-order valence-electron chi connectivity index (χ1n) is 8.38. The van der Waals surface area contributed by atoms with E-state index in [2.05, 4.69) is 10.1 Å². The van der Waals surface area contributed by atoms with Crippen LogP contribution in [-0.2, 0) is 25.7 Å². The van der Waals surface area contributed by atoms with Crippen molar-refractivity contribution in [3.63, 3.8) is 0 Å². The lowest BCUT2D eigenvalue weighted by Gasteiger charge is -2.14. The van der Waals surface area contributed by atoms with Crippen LogP contribution < -0.4 is 10.0 Å². The molecule has 0 radical (unpaired) electrons. The molecule has 0 saturated heterocycles. The molecule has 2 N–H and O–H groups in total. The second kappa shape index (κ2) is 9.11. The van der Waals surface area contributed by atoms with Crippen molar-refractivity contribution in [3.05, 3.63) is 59.4 Å². The standard InChI is InChI=1S/C18H16F4N2O5S/c1-2-29-16(25)10-23-17(26)12-5-3-4-6-15(12)30(27,28)24-11-7-8-14(19)13(9-11)18(20,21)22/h3-9,24H,2,10H2,1H3,(H,23,26). The quantitative estimate of drug-likeness (QED) is 0.501. The number of carbonyl (C=O) groups is 2. The summed E-state index contributed by atoms with van der Waals surface area (Å²) >= 11 is 0. The average molecular weight is 448 g/mol. The Bertz CT molecular complexity index is 1050. The summed E-state index contributed by atoms with van der Waals surface area (Å²) < 4.78 is 83.8. The molecule has 0 aliphatic rings. The minimum Gasteiger partial charge on any atom is -0.465 e. The van der Waals surface area contributed by atoms with E-state index in [4.69, 9.17) is 0 Å². The number of hydrogen-bond acceptors (Lipinski definition) is 5. The number of nitrogens with one attached hydrogen (secondary N) is 2. The molecule has 0 saturated carbocycles. The van der Waals surface area contributed by atoms with E-state index in [-0.39, 0.29) is 12.2 Å². The Morgan fingerprint density at radius 3 is 2.40 bits per heavy atom. The molecule has 162 valence electrons. The molecule has 1 amide bonds. The molecule has 0 aliphatic carbocycles. The summed E-state index contributed by atoms with van der Waals surface area (Å²) in [4.78, 5) is 23.1.